The van der Waals surface area contributed by atoms with Crippen LogP contribution >= 0.6 is 15.9 Å². The van der Waals surface area contributed by atoms with Gasteiger partial charge < -0.3 is 9.15 Å². The van der Waals surface area contributed by atoms with Gasteiger partial charge in [-0.05, 0) is 41.1 Å². The van der Waals surface area contributed by atoms with Gasteiger partial charge in [0, 0.05) is 27.7 Å². The topological polar surface area (TPSA) is 73.8 Å². The third-order valence-corrected chi connectivity index (χ3v) is 4.53. The van der Waals surface area contributed by atoms with Gasteiger partial charge >= 0.3 is 5.97 Å². The average molecular weight is 413 g/mol. The van der Waals surface area contributed by atoms with Crippen molar-refractivity contribution in [1.29, 1.82) is 0 Å². The second kappa shape index (κ2) is 6.42. The van der Waals surface area contributed by atoms with Crippen molar-refractivity contribution in [1.82, 2.24) is 9.38 Å². The number of pyridine rings is 1. The van der Waals surface area contributed by atoms with Gasteiger partial charge in [0.1, 0.15) is 17.8 Å². The first-order valence-corrected chi connectivity index (χ1v) is 8.65. The quantitative estimate of drug-likeness (QED) is 0.477. The van der Waals surface area contributed by atoms with Crippen LogP contribution in [0, 0.1) is 6.92 Å². The number of furan rings is 1. The molecule has 0 bridgehead atoms. The molecule has 0 unspecified atom stereocenters. The van der Waals surface area contributed by atoms with Gasteiger partial charge in [0.25, 0.3) is 5.56 Å². The molecule has 0 aliphatic rings. The van der Waals surface area contributed by atoms with Gasteiger partial charge in [-0.1, -0.05) is 18.2 Å². The van der Waals surface area contributed by atoms with Gasteiger partial charge in [-0.2, -0.15) is 0 Å². The van der Waals surface area contributed by atoms with Gasteiger partial charge in [0.2, 0.25) is 5.76 Å². The molecule has 7 heteroatoms. The van der Waals surface area contributed by atoms with Crippen LogP contribution in [0.2, 0.25) is 0 Å². The number of carbonyl (C=O) groups is 1. The van der Waals surface area contributed by atoms with E-state index in [4.69, 9.17) is 9.15 Å². The van der Waals surface area contributed by atoms with Crippen molar-refractivity contribution >= 4 is 38.5 Å². The molecule has 26 heavy (non-hydrogen) atoms. The number of aromatic nitrogens is 2. The van der Waals surface area contributed by atoms with Crippen LogP contribution in [0.4, 0.5) is 0 Å². The van der Waals surface area contributed by atoms with E-state index >= 15 is 0 Å². The highest BCUT2D eigenvalue weighted by Crippen LogP contribution is 2.25. The van der Waals surface area contributed by atoms with Gasteiger partial charge in [-0.3, -0.25) is 9.20 Å². The zero-order valence-electron chi connectivity index (χ0n) is 13.7. The number of fused-ring (bicyclic) bond motifs is 2. The van der Waals surface area contributed by atoms with E-state index in [9.17, 15) is 9.59 Å². The molecule has 0 radical (unpaired) electrons. The number of esters is 1. The van der Waals surface area contributed by atoms with E-state index in [2.05, 4.69) is 20.9 Å². The van der Waals surface area contributed by atoms with Gasteiger partial charge in [-0.15, -0.1) is 0 Å². The van der Waals surface area contributed by atoms with Crippen LogP contribution in [-0.2, 0) is 11.3 Å². The molecule has 3 heterocycles. The first-order valence-electron chi connectivity index (χ1n) is 7.86. The summed E-state index contributed by atoms with van der Waals surface area (Å²) in [5.74, 6) is -0.427. The lowest BCUT2D eigenvalue weighted by atomic mass is 10.1. The summed E-state index contributed by atoms with van der Waals surface area (Å²) in [4.78, 5) is 28.9. The van der Waals surface area contributed by atoms with E-state index in [-0.39, 0.29) is 17.9 Å². The van der Waals surface area contributed by atoms with Crippen LogP contribution in [-0.4, -0.2) is 15.4 Å². The predicted octanol–water partition coefficient (Wildman–Crippen LogP) is 3.87. The summed E-state index contributed by atoms with van der Waals surface area (Å²) in [5, 5.41) is 0.868. The molecule has 0 aliphatic carbocycles. The van der Waals surface area contributed by atoms with E-state index in [0.717, 1.165) is 15.4 Å². The minimum Gasteiger partial charge on any atom is -0.453 e. The van der Waals surface area contributed by atoms with Gasteiger partial charge in [0.05, 0.1) is 5.69 Å². The fourth-order valence-electron chi connectivity index (χ4n) is 2.77. The van der Waals surface area contributed by atoms with Crippen molar-refractivity contribution in [2.75, 3.05) is 0 Å². The largest absolute Gasteiger partial charge is 0.453 e. The molecule has 4 aromatic rings. The Bertz CT molecular complexity index is 1210. The Hall–Kier alpha value is -2.93. The Morgan fingerprint density at radius 3 is 2.88 bits per heavy atom. The molecule has 4 rings (SSSR count). The minimum absolute atomic E-state index is 0.114. The zero-order chi connectivity index (χ0) is 18.3. The third kappa shape index (κ3) is 2.90. The molecule has 6 nitrogen and oxygen atoms in total. The highest BCUT2D eigenvalue weighted by atomic mass is 79.9. The number of para-hydroxylation sites is 1. The van der Waals surface area contributed by atoms with Gasteiger partial charge in [0.15, 0.2) is 0 Å². The number of hydrogen-bond acceptors (Lipinski definition) is 5. The molecule has 130 valence electrons. The number of nitrogens with zero attached hydrogens (tertiary/aromatic N) is 2. The number of halogens is 1. The monoisotopic (exact) mass is 412 g/mol. The number of aryl methyl sites for hydroxylation is 1. The number of benzene rings is 1. The third-order valence-electron chi connectivity index (χ3n) is 4.06. The van der Waals surface area contributed by atoms with Crippen LogP contribution in [0.25, 0.3) is 16.6 Å². The smallest absolute Gasteiger partial charge is 0.374 e. The molecule has 0 aliphatic heterocycles. The highest BCUT2D eigenvalue weighted by molar-refractivity contribution is 9.10. The number of rotatable bonds is 3. The van der Waals surface area contributed by atoms with Crippen molar-refractivity contribution in [3.8, 4) is 0 Å². The maximum Gasteiger partial charge on any atom is 0.374 e. The molecular weight excluding hydrogens is 400 g/mol. The van der Waals surface area contributed by atoms with Crippen LogP contribution in [0.1, 0.15) is 21.8 Å². The zero-order valence-corrected chi connectivity index (χ0v) is 15.3. The summed E-state index contributed by atoms with van der Waals surface area (Å²) in [6.07, 6.45) is 1.64. The number of ether oxygens (including phenoxy) is 1. The maximum absolute atomic E-state index is 12.4. The fourth-order valence-corrected chi connectivity index (χ4v) is 3.11. The van der Waals surface area contributed by atoms with Crippen molar-refractivity contribution in [3.05, 3.63) is 80.5 Å². The van der Waals surface area contributed by atoms with Crippen LogP contribution in [0.15, 0.2) is 62.3 Å². The van der Waals surface area contributed by atoms with E-state index < -0.39 is 5.97 Å². The number of hydrogen-bond donors (Lipinski definition) is 0. The van der Waals surface area contributed by atoms with Gasteiger partial charge in [-0.25, -0.2) is 9.78 Å². The summed E-state index contributed by atoms with van der Waals surface area (Å²) in [5.41, 5.74) is 1.96. The molecule has 1 aromatic carbocycles. The Kier molecular flexibility index (Phi) is 4.08. The fraction of sp³-hybridized carbons (Fsp3) is 0.105. The van der Waals surface area contributed by atoms with E-state index in [1.807, 2.05) is 18.2 Å². The lowest BCUT2D eigenvalue weighted by Crippen LogP contribution is -2.16. The van der Waals surface area contributed by atoms with Crippen molar-refractivity contribution in [3.63, 3.8) is 0 Å². The van der Waals surface area contributed by atoms with Crippen LogP contribution < -0.4 is 5.56 Å². The van der Waals surface area contributed by atoms with E-state index in [1.54, 1.807) is 31.3 Å². The van der Waals surface area contributed by atoms with Crippen LogP contribution in [0.5, 0.6) is 0 Å². The lowest BCUT2D eigenvalue weighted by Gasteiger charge is -2.05. The highest BCUT2D eigenvalue weighted by Gasteiger charge is 2.19. The SMILES string of the molecule is Cc1c(C(=O)OCc2cc(=O)n3cc(Br)ccc3n2)oc2ccccc12. The average Bonchev–Trinajstić information content (AvgIpc) is 2.97. The summed E-state index contributed by atoms with van der Waals surface area (Å²) >= 11 is 3.31. The minimum atomic E-state index is -0.587. The Balaban J connectivity index is 1.59. The molecular formula is C19H13BrN2O4. The summed E-state index contributed by atoms with van der Waals surface area (Å²) in [6.45, 7) is 1.69. The lowest BCUT2D eigenvalue weighted by molar-refractivity contribution is 0.0432. The van der Waals surface area contributed by atoms with Crippen molar-refractivity contribution in [2.24, 2.45) is 0 Å². The normalized spacial score (nSPS) is 11.2. The van der Waals surface area contributed by atoms with E-state index in [1.165, 1.54) is 10.5 Å². The standard InChI is InChI=1S/C19H13BrN2O4/c1-11-14-4-2-3-5-15(14)26-18(11)19(24)25-10-13-8-17(23)22-9-12(20)6-7-16(22)21-13/h2-9H,10H2,1H3. The predicted molar refractivity (Wildman–Crippen MR) is 99.2 cm³/mol. The molecule has 3 aromatic heterocycles. The Labute approximate surface area is 156 Å². The summed E-state index contributed by atoms with van der Waals surface area (Å²) in [6, 6.07) is 12.2. The first-order chi connectivity index (χ1) is 12.5. The maximum atomic E-state index is 12.4. The molecule has 0 N–H and O–H groups in total. The molecule has 0 saturated heterocycles. The van der Waals surface area contributed by atoms with Crippen molar-refractivity contribution in [2.45, 2.75) is 13.5 Å². The Morgan fingerprint density at radius 1 is 1.27 bits per heavy atom. The molecule has 0 spiro atoms. The summed E-state index contributed by atoms with van der Waals surface area (Å²) < 4.78 is 13.1. The number of carbonyl (C=O) groups excluding carboxylic acids is 1. The second-order valence-electron chi connectivity index (χ2n) is 5.79. The van der Waals surface area contributed by atoms with Crippen LogP contribution in [0.3, 0.4) is 0 Å². The Morgan fingerprint density at radius 2 is 2.08 bits per heavy atom. The second-order valence-corrected chi connectivity index (χ2v) is 6.71. The molecule has 0 fully saturated rings. The summed E-state index contributed by atoms with van der Waals surface area (Å²) in [7, 11) is 0. The first kappa shape index (κ1) is 16.5. The van der Waals surface area contributed by atoms with E-state index in [0.29, 0.717) is 16.9 Å². The molecule has 0 amide bonds. The molecule has 0 atom stereocenters. The van der Waals surface area contributed by atoms with Crippen molar-refractivity contribution < 1.29 is 13.9 Å². The molecule has 0 saturated carbocycles.